The Labute approximate surface area is 209 Å². The van der Waals surface area contributed by atoms with Crippen molar-refractivity contribution in [3.8, 4) is 11.1 Å². The number of piperidine rings is 1. The van der Waals surface area contributed by atoms with Gasteiger partial charge >= 0.3 is 0 Å². The van der Waals surface area contributed by atoms with Gasteiger partial charge in [0.1, 0.15) is 29.1 Å². The third kappa shape index (κ3) is 6.13. The third-order valence-electron chi connectivity index (χ3n) is 6.69. The minimum absolute atomic E-state index is 0.00266. The second kappa shape index (κ2) is 11.7. The number of hydrogen-bond acceptors (Lipinski definition) is 5. The molecule has 1 aromatic heterocycles. The summed E-state index contributed by atoms with van der Waals surface area (Å²) < 4.78 is 55.6. The molecule has 2 heterocycles. The van der Waals surface area contributed by atoms with Gasteiger partial charge in [-0.2, -0.15) is 4.98 Å². The van der Waals surface area contributed by atoms with Crippen LogP contribution >= 0.6 is 0 Å². The molecule has 0 saturated carbocycles. The zero-order valence-electron chi connectivity index (χ0n) is 20.6. The van der Waals surface area contributed by atoms with E-state index in [-0.39, 0.29) is 23.5 Å². The van der Waals surface area contributed by atoms with Gasteiger partial charge in [-0.1, -0.05) is 19.4 Å². The lowest BCUT2D eigenvalue weighted by atomic mass is 10.0. The lowest BCUT2D eigenvalue weighted by Gasteiger charge is -2.37. The molecule has 0 radical (unpaired) electrons. The number of nitrogens with one attached hydrogen (secondary N) is 1. The van der Waals surface area contributed by atoms with Gasteiger partial charge in [0.25, 0.3) is 0 Å². The first-order valence-corrected chi connectivity index (χ1v) is 12.3. The molecule has 1 aliphatic rings. The summed E-state index contributed by atoms with van der Waals surface area (Å²) in [4.78, 5) is 13.6. The highest BCUT2D eigenvalue weighted by atomic mass is 19.1. The fourth-order valence-electron chi connectivity index (χ4n) is 4.51. The van der Waals surface area contributed by atoms with Crippen molar-refractivity contribution < 1.29 is 17.6 Å². The normalized spacial score (nSPS) is 14.5. The molecule has 1 fully saturated rings. The fourth-order valence-corrected chi connectivity index (χ4v) is 4.51. The van der Waals surface area contributed by atoms with Crippen LogP contribution in [0, 0.1) is 23.3 Å². The molecular formula is C27H31F4N5. The number of halogens is 4. The van der Waals surface area contributed by atoms with E-state index >= 15 is 0 Å². The molecular weight excluding hydrogens is 470 g/mol. The molecule has 5 nitrogen and oxygen atoms in total. The summed E-state index contributed by atoms with van der Waals surface area (Å²) in [5, 5.41) is 3.05. The monoisotopic (exact) mass is 501 g/mol. The molecule has 0 atom stereocenters. The SMILES string of the molecule is CCCCN(C)C1CCN(c2ncc(-c3ccc(F)cc3F)c(NCc3ccc(F)cc3F)n2)CC1. The van der Waals surface area contributed by atoms with Crippen molar-refractivity contribution in [2.45, 2.75) is 45.2 Å². The van der Waals surface area contributed by atoms with Crippen LogP contribution in [0.2, 0.25) is 0 Å². The van der Waals surface area contributed by atoms with Crippen LogP contribution in [-0.4, -0.2) is 47.6 Å². The molecule has 192 valence electrons. The van der Waals surface area contributed by atoms with E-state index < -0.39 is 23.3 Å². The Balaban J connectivity index is 1.57. The molecule has 3 aromatic rings. The average Bonchev–Trinajstić information content (AvgIpc) is 2.87. The van der Waals surface area contributed by atoms with Crippen molar-refractivity contribution in [1.82, 2.24) is 14.9 Å². The lowest BCUT2D eigenvalue weighted by Crippen LogP contribution is -2.44. The van der Waals surface area contributed by atoms with Crippen molar-refractivity contribution >= 4 is 11.8 Å². The number of benzene rings is 2. The summed E-state index contributed by atoms with van der Waals surface area (Å²) in [6.07, 6.45) is 5.78. The molecule has 0 unspecified atom stereocenters. The smallest absolute Gasteiger partial charge is 0.227 e. The number of hydrogen-bond donors (Lipinski definition) is 1. The Hall–Kier alpha value is -3.20. The topological polar surface area (TPSA) is 44.3 Å². The van der Waals surface area contributed by atoms with E-state index in [1.54, 1.807) is 0 Å². The van der Waals surface area contributed by atoms with E-state index in [0.29, 0.717) is 17.6 Å². The maximum Gasteiger partial charge on any atom is 0.227 e. The molecule has 0 bridgehead atoms. The van der Waals surface area contributed by atoms with Crippen molar-refractivity contribution in [1.29, 1.82) is 0 Å². The van der Waals surface area contributed by atoms with Crippen LogP contribution in [0.5, 0.6) is 0 Å². The Morgan fingerprint density at radius 1 is 0.972 bits per heavy atom. The summed E-state index contributed by atoms with van der Waals surface area (Å²) in [7, 11) is 2.16. The molecule has 0 spiro atoms. The van der Waals surface area contributed by atoms with Crippen molar-refractivity contribution in [2.24, 2.45) is 0 Å². The van der Waals surface area contributed by atoms with Gasteiger partial charge in [-0.15, -0.1) is 0 Å². The molecule has 1 saturated heterocycles. The second-order valence-electron chi connectivity index (χ2n) is 9.20. The Kier molecular flexibility index (Phi) is 8.40. The third-order valence-corrected chi connectivity index (χ3v) is 6.69. The van der Waals surface area contributed by atoms with Crippen LogP contribution in [0.4, 0.5) is 29.3 Å². The van der Waals surface area contributed by atoms with E-state index in [1.165, 1.54) is 30.8 Å². The van der Waals surface area contributed by atoms with Gasteiger partial charge in [0, 0.05) is 60.7 Å². The number of aromatic nitrogens is 2. The van der Waals surface area contributed by atoms with Crippen LogP contribution in [0.15, 0.2) is 42.6 Å². The predicted octanol–water partition coefficient (Wildman–Crippen LogP) is 6.01. The van der Waals surface area contributed by atoms with Crippen molar-refractivity contribution in [2.75, 3.05) is 36.9 Å². The number of nitrogens with zero attached hydrogens (tertiary/aromatic N) is 4. The highest BCUT2D eigenvalue weighted by Crippen LogP contribution is 2.31. The highest BCUT2D eigenvalue weighted by molar-refractivity contribution is 5.75. The summed E-state index contributed by atoms with van der Waals surface area (Å²) in [5.41, 5.74) is 0.687. The first kappa shape index (κ1) is 25.9. The number of rotatable bonds is 9. The first-order valence-electron chi connectivity index (χ1n) is 12.3. The summed E-state index contributed by atoms with van der Waals surface area (Å²) >= 11 is 0. The molecule has 36 heavy (non-hydrogen) atoms. The predicted molar refractivity (Wildman–Crippen MR) is 134 cm³/mol. The standard InChI is InChI=1S/C27H31F4N5/c1-3-4-11-35(2)21-9-12-36(13-10-21)27-33-17-23(22-8-7-20(29)15-25(22)31)26(34-27)32-16-18-5-6-19(28)14-24(18)30/h5-8,14-15,17,21H,3-4,9-13,16H2,1-2H3,(H,32,33,34). The minimum Gasteiger partial charge on any atom is -0.365 e. The quantitative estimate of drug-likeness (QED) is 0.364. The summed E-state index contributed by atoms with van der Waals surface area (Å²) in [6.45, 7) is 4.81. The van der Waals surface area contributed by atoms with Crippen molar-refractivity contribution in [3.05, 3.63) is 71.4 Å². The van der Waals surface area contributed by atoms with Crippen LogP contribution < -0.4 is 10.2 Å². The number of unbranched alkanes of at least 4 members (excludes halogenated alkanes) is 1. The second-order valence-corrected chi connectivity index (χ2v) is 9.20. The van der Waals surface area contributed by atoms with Crippen LogP contribution in [0.1, 0.15) is 38.2 Å². The molecule has 1 aliphatic heterocycles. The largest absolute Gasteiger partial charge is 0.365 e. The average molecular weight is 502 g/mol. The molecule has 0 aliphatic carbocycles. The van der Waals surface area contributed by atoms with E-state index in [2.05, 4.69) is 39.1 Å². The zero-order valence-corrected chi connectivity index (χ0v) is 20.6. The first-order chi connectivity index (χ1) is 17.4. The molecule has 9 heteroatoms. The van der Waals surface area contributed by atoms with Gasteiger partial charge in [0.15, 0.2) is 0 Å². The van der Waals surface area contributed by atoms with Crippen LogP contribution in [0.25, 0.3) is 11.1 Å². The highest BCUT2D eigenvalue weighted by Gasteiger charge is 2.25. The molecule has 1 N–H and O–H groups in total. The summed E-state index contributed by atoms with van der Waals surface area (Å²) in [6, 6.07) is 7.11. The van der Waals surface area contributed by atoms with Gasteiger partial charge in [0.05, 0.1) is 0 Å². The van der Waals surface area contributed by atoms with Crippen molar-refractivity contribution in [3.63, 3.8) is 0 Å². The Morgan fingerprint density at radius 2 is 1.67 bits per heavy atom. The minimum atomic E-state index is -0.752. The fraction of sp³-hybridized carbons (Fsp3) is 0.407. The summed E-state index contributed by atoms with van der Waals surface area (Å²) in [5.74, 6) is -2.03. The van der Waals surface area contributed by atoms with E-state index in [1.807, 2.05) is 0 Å². The maximum atomic E-state index is 14.6. The van der Waals surface area contributed by atoms with E-state index in [9.17, 15) is 17.6 Å². The van der Waals surface area contributed by atoms with Crippen LogP contribution in [-0.2, 0) is 6.54 Å². The molecule has 4 rings (SSSR count). The van der Waals surface area contributed by atoms with Gasteiger partial charge in [-0.05, 0) is 51.1 Å². The van der Waals surface area contributed by atoms with E-state index in [0.717, 1.165) is 57.1 Å². The van der Waals surface area contributed by atoms with Gasteiger partial charge < -0.3 is 15.1 Å². The maximum absolute atomic E-state index is 14.6. The Bertz CT molecular complexity index is 1180. The molecule has 0 amide bonds. The number of anilines is 2. The van der Waals surface area contributed by atoms with Gasteiger partial charge in [-0.3, -0.25) is 0 Å². The van der Waals surface area contributed by atoms with Crippen LogP contribution in [0.3, 0.4) is 0 Å². The van der Waals surface area contributed by atoms with Gasteiger partial charge in [-0.25, -0.2) is 22.5 Å². The Morgan fingerprint density at radius 3 is 2.33 bits per heavy atom. The van der Waals surface area contributed by atoms with E-state index in [4.69, 9.17) is 0 Å². The lowest BCUT2D eigenvalue weighted by molar-refractivity contribution is 0.205. The van der Waals surface area contributed by atoms with Gasteiger partial charge in [0.2, 0.25) is 5.95 Å². The molecule has 2 aromatic carbocycles. The zero-order chi connectivity index (χ0) is 25.7.